The van der Waals surface area contributed by atoms with E-state index in [1.54, 1.807) is 0 Å². The fourth-order valence-electron chi connectivity index (χ4n) is 2.72. The van der Waals surface area contributed by atoms with Gasteiger partial charge in [-0.2, -0.15) is 0 Å². The van der Waals surface area contributed by atoms with Crippen LogP contribution in [-0.4, -0.2) is 25.1 Å². The van der Waals surface area contributed by atoms with Gasteiger partial charge in [-0.25, -0.2) is 8.78 Å². The number of fused-ring (bicyclic) bond motifs is 1. The fourth-order valence-corrected chi connectivity index (χ4v) is 2.72. The highest BCUT2D eigenvalue weighted by molar-refractivity contribution is 5.32. The van der Waals surface area contributed by atoms with Gasteiger partial charge in [-0.05, 0) is 17.5 Å². The highest BCUT2D eigenvalue weighted by Crippen LogP contribution is 2.36. The predicted molar refractivity (Wildman–Crippen MR) is 60.2 cm³/mol. The molecule has 1 unspecified atom stereocenters. The first-order valence-electron chi connectivity index (χ1n) is 5.96. The largest absolute Gasteiger partial charge is 0.372 e. The van der Waals surface area contributed by atoms with Crippen molar-refractivity contribution in [2.75, 3.05) is 13.2 Å². The van der Waals surface area contributed by atoms with Gasteiger partial charge < -0.3 is 10.1 Å². The molecule has 2 aliphatic heterocycles. The molecule has 4 heteroatoms. The lowest BCUT2D eigenvalue weighted by molar-refractivity contribution is -0.00654. The van der Waals surface area contributed by atoms with E-state index in [1.807, 2.05) is 18.2 Å². The normalized spacial score (nSPS) is 31.2. The summed E-state index contributed by atoms with van der Waals surface area (Å²) in [6.07, 6.45) is 0.509. The van der Waals surface area contributed by atoms with Crippen molar-refractivity contribution in [2.45, 2.75) is 30.9 Å². The number of benzene rings is 1. The molecular weight excluding hydrogens is 224 g/mol. The smallest absolute Gasteiger partial charge is 0.261 e. The summed E-state index contributed by atoms with van der Waals surface area (Å²) in [5, 5.41) is 2.88. The second kappa shape index (κ2) is 4.03. The zero-order valence-electron chi connectivity index (χ0n) is 9.46. The molecule has 0 saturated carbocycles. The summed E-state index contributed by atoms with van der Waals surface area (Å²) in [6, 6.07) is 7.69. The van der Waals surface area contributed by atoms with E-state index in [4.69, 9.17) is 4.74 Å². The Labute approximate surface area is 99.0 Å². The first-order valence-corrected chi connectivity index (χ1v) is 5.96. The standard InChI is InChI=1S/C13H15F2NO/c14-13(15)7-11(16-8-13)12-10-4-2-1-3-9(10)5-6-17-12/h1-4,11-12,16H,5-8H2/t11-,12?/m0/s1. The molecule has 1 N–H and O–H groups in total. The van der Waals surface area contributed by atoms with Crippen LogP contribution in [0.3, 0.4) is 0 Å². The summed E-state index contributed by atoms with van der Waals surface area (Å²) in [6.45, 7) is 0.380. The quantitative estimate of drug-likeness (QED) is 0.812. The fraction of sp³-hybridized carbons (Fsp3) is 0.538. The van der Waals surface area contributed by atoms with Crippen molar-refractivity contribution in [3.05, 3.63) is 35.4 Å². The monoisotopic (exact) mass is 239 g/mol. The summed E-state index contributed by atoms with van der Waals surface area (Å²) in [4.78, 5) is 0. The maximum absolute atomic E-state index is 13.2. The molecule has 17 heavy (non-hydrogen) atoms. The molecule has 3 rings (SSSR count). The Morgan fingerprint density at radius 3 is 2.88 bits per heavy atom. The number of nitrogens with one attached hydrogen (secondary N) is 1. The predicted octanol–water partition coefficient (Wildman–Crippen LogP) is 2.30. The second-order valence-corrected chi connectivity index (χ2v) is 4.79. The zero-order chi connectivity index (χ0) is 11.9. The van der Waals surface area contributed by atoms with E-state index < -0.39 is 5.92 Å². The van der Waals surface area contributed by atoms with Crippen LogP contribution >= 0.6 is 0 Å². The van der Waals surface area contributed by atoms with Gasteiger partial charge >= 0.3 is 0 Å². The minimum Gasteiger partial charge on any atom is -0.372 e. The lowest BCUT2D eigenvalue weighted by Gasteiger charge is -2.30. The average molecular weight is 239 g/mol. The summed E-state index contributed by atoms with van der Waals surface area (Å²) in [5.41, 5.74) is 2.29. The molecule has 2 atom stereocenters. The van der Waals surface area contributed by atoms with E-state index in [2.05, 4.69) is 11.4 Å². The van der Waals surface area contributed by atoms with Crippen LogP contribution in [0.25, 0.3) is 0 Å². The first kappa shape index (κ1) is 11.1. The number of hydrogen-bond acceptors (Lipinski definition) is 2. The summed E-state index contributed by atoms with van der Waals surface area (Å²) in [7, 11) is 0. The number of rotatable bonds is 1. The van der Waals surface area contributed by atoms with Gasteiger partial charge in [0, 0.05) is 12.5 Å². The highest BCUT2D eigenvalue weighted by Gasteiger charge is 2.44. The van der Waals surface area contributed by atoms with E-state index in [0.29, 0.717) is 6.61 Å². The highest BCUT2D eigenvalue weighted by atomic mass is 19.3. The average Bonchev–Trinajstić information content (AvgIpc) is 2.69. The Hall–Kier alpha value is -1.00. The second-order valence-electron chi connectivity index (χ2n) is 4.79. The van der Waals surface area contributed by atoms with Crippen LogP contribution in [0.5, 0.6) is 0 Å². The lowest BCUT2D eigenvalue weighted by Crippen LogP contribution is -2.33. The van der Waals surface area contributed by atoms with Crippen LogP contribution in [-0.2, 0) is 11.2 Å². The Morgan fingerprint density at radius 1 is 1.29 bits per heavy atom. The summed E-state index contributed by atoms with van der Waals surface area (Å²) < 4.78 is 32.1. The molecule has 0 bridgehead atoms. The van der Waals surface area contributed by atoms with Crippen molar-refractivity contribution >= 4 is 0 Å². The van der Waals surface area contributed by atoms with E-state index in [9.17, 15) is 8.78 Å². The Kier molecular flexibility index (Phi) is 2.64. The third kappa shape index (κ3) is 2.07. The minimum atomic E-state index is -2.60. The third-order valence-corrected chi connectivity index (χ3v) is 3.54. The molecular formula is C13H15F2NO. The van der Waals surface area contributed by atoms with Crippen molar-refractivity contribution in [3.63, 3.8) is 0 Å². The van der Waals surface area contributed by atoms with Crippen LogP contribution in [0.4, 0.5) is 8.78 Å². The van der Waals surface area contributed by atoms with Crippen LogP contribution < -0.4 is 5.32 Å². The van der Waals surface area contributed by atoms with Gasteiger partial charge in [-0.3, -0.25) is 0 Å². The van der Waals surface area contributed by atoms with Gasteiger partial charge in [0.25, 0.3) is 5.92 Å². The topological polar surface area (TPSA) is 21.3 Å². The van der Waals surface area contributed by atoms with E-state index in [-0.39, 0.29) is 25.1 Å². The molecule has 1 saturated heterocycles. The van der Waals surface area contributed by atoms with Gasteiger partial charge in [0.2, 0.25) is 0 Å². The van der Waals surface area contributed by atoms with Crippen molar-refractivity contribution in [1.29, 1.82) is 0 Å². The number of ether oxygens (including phenoxy) is 1. The van der Waals surface area contributed by atoms with Crippen molar-refractivity contribution in [2.24, 2.45) is 0 Å². The molecule has 0 amide bonds. The molecule has 0 aromatic heterocycles. The van der Waals surface area contributed by atoms with Crippen LogP contribution in [0, 0.1) is 0 Å². The number of alkyl halides is 2. The third-order valence-electron chi connectivity index (χ3n) is 3.54. The van der Waals surface area contributed by atoms with Gasteiger partial charge in [0.05, 0.1) is 19.3 Å². The van der Waals surface area contributed by atoms with Gasteiger partial charge in [-0.15, -0.1) is 0 Å². The van der Waals surface area contributed by atoms with Gasteiger partial charge in [0.1, 0.15) is 0 Å². The van der Waals surface area contributed by atoms with E-state index >= 15 is 0 Å². The minimum absolute atomic E-state index is 0.133. The molecule has 2 aliphatic rings. The Bertz CT molecular complexity index is 422. The van der Waals surface area contributed by atoms with Crippen molar-refractivity contribution in [1.82, 2.24) is 5.32 Å². The SMILES string of the molecule is FC1(F)CN[C@H](C2OCCc3ccccc32)C1. The van der Waals surface area contributed by atoms with Crippen LogP contribution in [0.15, 0.2) is 24.3 Å². The summed E-state index contributed by atoms with van der Waals surface area (Å²) >= 11 is 0. The van der Waals surface area contributed by atoms with E-state index in [1.165, 1.54) is 5.56 Å². The molecule has 0 radical (unpaired) electrons. The number of hydrogen-bond donors (Lipinski definition) is 1. The molecule has 0 spiro atoms. The van der Waals surface area contributed by atoms with Gasteiger partial charge in [-0.1, -0.05) is 24.3 Å². The molecule has 1 fully saturated rings. The Balaban J connectivity index is 1.86. The summed E-state index contributed by atoms with van der Waals surface area (Å²) in [5.74, 6) is -2.60. The lowest BCUT2D eigenvalue weighted by atomic mass is 9.92. The van der Waals surface area contributed by atoms with Crippen LogP contribution in [0.2, 0.25) is 0 Å². The molecule has 1 aromatic carbocycles. The zero-order valence-corrected chi connectivity index (χ0v) is 9.46. The van der Waals surface area contributed by atoms with Crippen LogP contribution in [0.1, 0.15) is 23.7 Å². The maximum atomic E-state index is 13.2. The maximum Gasteiger partial charge on any atom is 0.261 e. The molecule has 2 nitrogen and oxygen atoms in total. The molecule has 92 valence electrons. The van der Waals surface area contributed by atoms with Crippen molar-refractivity contribution in [3.8, 4) is 0 Å². The first-order chi connectivity index (χ1) is 8.16. The Morgan fingerprint density at radius 2 is 2.12 bits per heavy atom. The van der Waals surface area contributed by atoms with E-state index in [0.717, 1.165) is 12.0 Å². The molecule has 0 aliphatic carbocycles. The molecule has 1 aromatic rings. The molecule has 2 heterocycles. The number of halogens is 2. The van der Waals surface area contributed by atoms with Gasteiger partial charge in [0.15, 0.2) is 0 Å². The van der Waals surface area contributed by atoms with Crippen molar-refractivity contribution < 1.29 is 13.5 Å².